The Morgan fingerprint density at radius 2 is 2.07 bits per heavy atom. The van der Waals surface area contributed by atoms with Gasteiger partial charge in [-0.25, -0.2) is 0 Å². The Bertz CT molecular complexity index is 983. The monoisotopic (exact) mass is 382 g/mol. The number of nitrogens with zero attached hydrogens (tertiary/aromatic N) is 3. The summed E-state index contributed by atoms with van der Waals surface area (Å²) >= 11 is 1.45. The first-order valence-corrected chi connectivity index (χ1v) is 10.7. The number of nitrogens with one attached hydrogen (secondary N) is 1. The minimum absolute atomic E-state index is 0.0825. The molecule has 1 saturated carbocycles. The van der Waals surface area contributed by atoms with Crippen LogP contribution in [-0.2, 0) is 4.79 Å². The molecule has 142 valence electrons. The molecule has 0 aliphatic heterocycles. The molecule has 3 unspecified atom stereocenters. The molecule has 0 saturated heterocycles. The lowest BCUT2D eigenvalue weighted by atomic mass is 9.78. The Balaban J connectivity index is 1.51. The number of fused-ring (bicyclic) bond motifs is 3. The zero-order valence-electron chi connectivity index (χ0n) is 16.1. The Kier molecular flexibility index (Phi) is 5.08. The van der Waals surface area contributed by atoms with Crippen LogP contribution in [0, 0.1) is 18.8 Å². The third-order valence-electron chi connectivity index (χ3n) is 5.96. The fourth-order valence-electron chi connectivity index (χ4n) is 4.13. The van der Waals surface area contributed by atoms with Crippen molar-refractivity contribution in [3.05, 3.63) is 35.9 Å². The second-order valence-electron chi connectivity index (χ2n) is 7.75. The number of hydrogen-bond acceptors (Lipinski definition) is 4. The third kappa shape index (κ3) is 3.55. The lowest BCUT2D eigenvalue weighted by Crippen LogP contribution is -2.44. The average Bonchev–Trinajstić information content (AvgIpc) is 3.07. The standard InChI is InChI=1S/C21H26N4OS/c1-13-7-6-9-17(15(13)3)22-20(26)12-27-21-24-23-19-11-14(2)16-8-4-5-10-18(16)25(19)21/h4-5,8,10-11,13,15,17H,6-7,9,12H2,1-3H3,(H,22,26). The van der Waals surface area contributed by atoms with Crippen LogP contribution in [0.5, 0.6) is 0 Å². The van der Waals surface area contributed by atoms with E-state index in [-0.39, 0.29) is 5.91 Å². The van der Waals surface area contributed by atoms with Gasteiger partial charge in [0.05, 0.1) is 11.3 Å². The van der Waals surface area contributed by atoms with Gasteiger partial charge in [0.15, 0.2) is 10.8 Å². The topological polar surface area (TPSA) is 59.3 Å². The highest BCUT2D eigenvalue weighted by Crippen LogP contribution is 2.30. The summed E-state index contributed by atoms with van der Waals surface area (Å²) in [6.45, 7) is 6.62. The maximum Gasteiger partial charge on any atom is 0.230 e. The molecule has 0 radical (unpaired) electrons. The lowest BCUT2D eigenvalue weighted by Gasteiger charge is -2.34. The highest BCUT2D eigenvalue weighted by Gasteiger charge is 2.28. The van der Waals surface area contributed by atoms with Crippen molar-refractivity contribution < 1.29 is 4.79 Å². The predicted octanol–water partition coefficient (Wildman–Crippen LogP) is 4.22. The van der Waals surface area contributed by atoms with Gasteiger partial charge in [0.2, 0.25) is 5.91 Å². The molecule has 2 heterocycles. The van der Waals surface area contributed by atoms with E-state index >= 15 is 0 Å². The smallest absolute Gasteiger partial charge is 0.230 e. The van der Waals surface area contributed by atoms with Gasteiger partial charge < -0.3 is 5.32 Å². The number of para-hydroxylation sites is 1. The lowest BCUT2D eigenvalue weighted by molar-refractivity contribution is -0.120. The molecule has 3 aromatic rings. The number of carbonyl (C=O) groups is 1. The number of pyridine rings is 1. The van der Waals surface area contributed by atoms with Gasteiger partial charge in [0.1, 0.15) is 0 Å². The summed E-state index contributed by atoms with van der Waals surface area (Å²) in [5.74, 6) is 1.65. The van der Waals surface area contributed by atoms with Crippen LogP contribution in [0.3, 0.4) is 0 Å². The first-order valence-electron chi connectivity index (χ1n) is 9.70. The molecular weight excluding hydrogens is 356 g/mol. The molecule has 4 rings (SSSR count). The summed E-state index contributed by atoms with van der Waals surface area (Å²) in [6.07, 6.45) is 3.55. The van der Waals surface area contributed by atoms with Crippen LogP contribution >= 0.6 is 11.8 Å². The van der Waals surface area contributed by atoms with E-state index in [0.717, 1.165) is 22.7 Å². The summed E-state index contributed by atoms with van der Waals surface area (Å²) in [7, 11) is 0. The molecule has 0 bridgehead atoms. The van der Waals surface area contributed by atoms with Gasteiger partial charge in [-0.3, -0.25) is 9.20 Å². The van der Waals surface area contributed by atoms with E-state index in [9.17, 15) is 4.79 Å². The first-order chi connectivity index (χ1) is 13.0. The number of amides is 1. The quantitative estimate of drug-likeness (QED) is 0.686. The number of benzene rings is 1. The number of thioether (sulfide) groups is 1. The van der Waals surface area contributed by atoms with Crippen molar-refractivity contribution in [2.24, 2.45) is 11.8 Å². The van der Waals surface area contributed by atoms with E-state index < -0.39 is 0 Å². The minimum Gasteiger partial charge on any atom is -0.352 e. The zero-order chi connectivity index (χ0) is 19.0. The summed E-state index contributed by atoms with van der Waals surface area (Å²) < 4.78 is 2.05. The predicted molar refractivity (Wildman–Crippen MR) is 110 cm³/mol. The van der Waals surface area contributed by atoms with Crippen molar-refractivity contribution in [2.75, 3.05) is 5.75 Å². The van der Waals surface area contributed by atoms with Gasteiger partial charge in [-0.1, -0.05) is 56.7 Å². The molecule has 1 aliphatic rings. The molecular formula is C21H26N4OS. The number of carbonyl (C=O) groups excluding carboxylic acids is 1. The molecule has 1 aliphatic carbocycles. The molecule has 1 N–H and O–H groups in total. The maximum atomic E-state index is 12.5. The molecule has 5 nitrogen and oxygen atoms in total. The molecule has 1 fully saturated rings. The average molecular weight is 383 g/mol. The minimum atomic E-state index is 0.0825. The number of hydrogen-bond donors (Lipinski definition) is 1. The Morgan fingerprint density at radius 3 is 2.93 bits per heavy atom. The largest absolute Gasteiger partial charge is 0.352 e. The third-order valence-corrected chi connectivity index (χ3v) is 6.89. The van der Waals surface area contributed by atoms with Gasteiger partial charge >= 0.3 is 0 Å². The van der Waals surface area contributed by atoms with Crippen LogP contribution in [0.25, 0.3) is 16.6 Å². The second kappa shape index (κ2) is 7.50. The molecule has 0 spiro atoms. The van der Waals surface area contributed by atoms with Gasteiger partial charge in [0.25, 0.3) is 0 Å². The van der Waals surface area contributed by atoms with Crippen LogP contribution in [0.15, 0.2) is 35.5 Å². The summed E-state index contributed by atoms with van der Waals surface area (Å²) in [6, 6.07) is 10.6. The van der Waals surface area contributed by atoms with Gasteiger partial charge in [0, 0.05) is 11.4 Å². The van der Waals surface area contributed by atoms with Crippen LogP contribution < -0.4 is 5.32 Å². The molecule has 27 heavy (non-hydrogen) atoms. The van der Waals surface area contributed by atoms with Crippen molar-refractivity contribution in [1.29, 1.82) is 0 Å². The van der Waals surface area contributed by atoms with Gasteiger partial charge in [-0.15, -0.1) is 10.2 Å². The fraction of sp³-hybridized carbons (Fsp3) is 0.476. The highest BCUT2D eigenvalue weighted by molar-refractivity contribution is 7.99. The van der Waals surface area contributed by atoms with E-state index in [1.165, 1.54) is 35.6 Å². The van der Waals surface area contributed by atoms with Crippen molar-refractivity contribution in [2.45, 2.75) is 51.2 Å². The first kappa shape index (κ1) is 18.3. The maximum absolute atomic E-state index is 12.5. The van der Waals surface area contributed by atoms with E-state index in [1.807, 2.05) is 22.6 Å². The Labute approximate surface area is 163 Å². The van der Waals surface area contributed by atoms with E-state index in [4.69, 9.17) is 0 Å². The number of rotatable bonds is 4. The van der Waals surface area contributed by atoms with E-state index in [1.54, 1.807) is 0 Å². The van der Waals surface area contributed by atoms with Crippen molar-refractivity contribution in [1.82, 2.24) is 19.9 Å². The number of aromatic nitrogens is 3. The van der Waals surface area contributed by atoms with Crippen molar-refractivity contribution in [3.8, 4) is 0 Å². The summed E-state index contributed by atoms with van der Waals surface area (Å²) in [4.78, 5) is 12.5. The molecule has 1 aromatic carbocycles. The van der Waals surface area contributed by atoms with E-state index in [2.05, 4.69) is 48.4 Å². The van der Waals surface area contributed by atoms with Crippen molar-refractivity contribution in [3.63, 3.8) is 0 Å². The summed E-state index contributed by atoms with van der Waals surface area (Å²) in [5.41, 5.74) is 3.08. The molecule has 2 aromatic heterocycles. The Morgan fingerprint density at radius 1 is 1.26 bits per heavy atom. The number of aryl methyl sites for hydroxylation is 1. The molecule has 6 heteroatoms. The van der Waals surface area contributed by atoms with Gasteiger partial charge in [-0.05, 0) is 42.9 Å². The SMILES string of the molecule is Cc1cc2nnc(SCC(=O)NC3CCCC(C)C3C)n2c2ccccc12. The Hall–Kier alpha value is -2.08. The van der Waals surface area contributed by atoms with Crippen LogP contribution in [0.1, 0.15) is 38.7 Å². The highest BCUT2D eigenvalue weighted by atomic mass is 32.2. The zero-order valence-corrected chi connectivity index (χ0v) is 16.9. The van der Waals surface area contributed by atoms with Gasteiger partial charge in [-0.2, -0.15) is 0 Å². The molecule has 1 amide bonds. The molecule has 3 atom stereocenters. The summed E-state index contributed by atoms with van der Waals surface area (Å²) in [5, 5.41) is 13.8. The fourth-order valence-corrected chi connectivity index (χ4v) is 4.90. The normalized spacial score (nSPS) is 23.0. The van der Waals surface area contributed by atoms with Crippen LogP contribution in [-0.4, -0.2) is 32.3 Å². The van der Waals surface area contributed by atoms with Crippen molar-refractivity contribution >= 4 is 34.2 Å². The van der Waals surface area contributed by atoms with Crippen LogP contribution in [0.2, 0.25) is 0 Å². The van der Waals surface area contributed by atoms with Crippen LogP contribution in [0.4, 0.5) is 0 Å². The van der Waals surface area contributed by atoms with E-state index in [0.29, 0.717) is 23.6 Å². The second-order valence-corrected chi connectivity index (χ2v) is 8.69.